The van der Waals surface area contributed by atoms with Crippen molar-refractivity contribution in [3.8, 4) is 5.75 Å². The number of fused-ring (bicyclic) bond motifs is 2. The first-order valence-corrected chi connectivity index (χ1v) is 11.9. The van der Waals surface area contributed by atoms with Gasteiger partial charge >= 0.3 is 5.97 Å². The van der Waals surface area contributed by atoms with Crippen LogP contribution < -0.4 is 9.64 Å². The molecule has 5 rings (SSSR count). The number of rotatable bonds is 4. The maximum Gasteiger partial charge on any atom is 0.313 e. The number of likely N-dealkylation sites (tertiary alicyclic amines) is 1. The molecule has 4 heterocycles. The van der Waals surface area contributed by atoms with Gasteiger partial charge in [-0.3, -0.25) is 14.4 Å². The predicted molar refractivity (Wildman–Crippen MR) is 126 cm³/mol. The van der Waals surface area contributed by atoms with E-state index in [0.29, 0.717) is 17.9 Å². The molecule has 1 spiro atoms. The summed E-state index contributed by atoms with van der Waals surface area (Å²) in [7, 11) is 1.57. The van der Waals surface area contributed by atoms with Gasteiger partial charge in [-0.25, -0.2) is 0 Å². The fraction of sp³-hybridized carbons (Fsp3) is 0.500. The molecule has 2 fully saturated rings. The zero-order valence-electron chi connectivity index (χ0n) is 20.0. The second-order valence-electron chi connectivity index (χ2n) is 9.68. The molecule has 6 atom stereocenters. The van der Waals surface area contributed by atoms with Crippen LogP contribution in [0.4, 0.5) is 5.69 Å². The Labute approximate surface area is 203 Å². The number of methoxy groups -OCH3 is 1. The summed E-state index contributed by atoms with van der Waals surface area (Å²) in [6.07, 6.45) is 7.83. The smallest absolute Gasteiger partial charge is 0.313 e. The number of hydrogen-bond donors (Lipinski definition) is 1. The molecule has 1 aromatic carbocycles. The molecule has 0 saturated carbocycles. The molecule has 0 bridgehead atoms. The van der Waals surface area contributed by atoms with Crippen LogP contribution in [0.2, 0.25) is 0 Å². The zero-order valence-corrected chi connectivity index (χ0v) is 20.0. The first-order chi connectivity index (χ1) is 16.8. The third-order valence-corrected chi connectivity index (χ3v) is 7.58. The molecule has 1 N–H and O–H groups in total. The lowest BCUT2D eigenvalue weighted by molar-refractivity contribution is -0.160. The summed E-state index contributed by atoms with van der Waals surface area (Å²) in [4.78, 5) is 44.3. The lowest BCUT2D eigenvalue weighted by Crippen LogP contribution is -2.58. The van der Waals surface area contributed by atoms with Crippen LogP contribution in [-0.4, -0.2) is 77.9 Å². The van der Waals surface area contributed by atoms with E-state index in [1.54, 1.807) is 56.2 Å². The lowest BCUT2D eigenvalue weighted by atomic mass is 9.74. The highest BCUT2D eigenvalue weighted by atomic mass is 16.6. The van der Waals surface area contributed by atoms with Gasteiger partial charge in [-0.1, -0.05) is 24.3 Å². The summed E-state index contributed by atoms with van der Waals surface area (Å²) in [6.45, 7) is 3.59. The number of esters is 1. The molecule has 1 aromatic rings. The van der Waals surface area contributed by atoms with E-state index in [9.17, 15) is 19.5 Å². The van der Waals surface area contributed by atoms with Gasteiger partial charge in [-0.05, 0) is 44.5 Å². The molecule has 2 saturated heterocycles. The Morgan fingerprint density at radius 3 is 2.54 bits per heavy atom. The van der Waals surface area contributed by atoms with Crippen LogP contribution in [0.5, 0.6) is 5.75 Å². The molecule has 9 nitrogen and oxygen atoms in total. The van der Waals surface area contributed by atoms with Crippen LogP contribution in [0.25, 0.3) is 0 Å². The third kappa shape index (κ3) is 3.40. The van der Waals surface area contributed by atoms with Gasteiger partial charge < -0.3 is 29.1 Å². The molecule has 0 aliphatic carbocycles. The van der Waals surface area contributed by atoms with Gasteiger partial charge in [-0.15, -0.1) is 0 Å². The lowest BCUT2D eigenvalue weighted by Gasteiger charge is -2.39. The van der Waals surface area contributed by atoms with E-state index in [1.165, 1.54) is 4.90 Å². The Bertz CT molecular complexity index is 1100. The number of carbonyl (C=O) groups is 3. The molecule has 4 aliphatic rings. The second-order valence-corrected chi connectivity index (χ2v) is 9.68. The van der Waals surface area contributed by atoms with Crippen LogP contribution in [0, 0.1) is 11.8 Å². The van der Waals surface area contributed by atoms with Gasteiger partial charge in [0.15, 0.2) is 0 Å². The molecule has 1 unspecified atom stereocenters. The van der Waals surface area contributed by atoms with E-state index in [-0.39, 0.29) is 25.7 Å². The number of cyclic esters (lactones) is 1. The molecular weight excluding hydrogens is 452 g/mol. The Hall–Kier alpha value is -3.17. The average molecular weight is 483 g/mol. The quantitative estimate of drug-likeness (QED) is 0.512. The number of nitrogens with zero attached hydrogens (tertiary/aromatic N) is 2. The Morgan fingerprint density at radius 1 is 1.11 bits per heavy atom. The first-order valence-electron chi connectivity index (χ1n) is 11.9. The van der Waals surface area contributed by atoms with Gasteiger partial charge in [-0.2, -0.15) is 0 Å². The number of benzene rings is 1. The van der Waals surface area contributed by atoms with E-state index in [4.69, 9.17) is 14.2 Å². The number of ether oxygens (including phenoxy) is 3. The fourth-order valence-corrected chi connectivity index (χ4v) is 5.98. The van der Waals surface area contributed by atoms with Crippen molar-refractivity contribution in [1.82, 2.24) is 4.90 Å². The minimum atomic E-state index is -1.38. The van der Waals surface area contributed by atoms with Crippen LogP contribution >= 0.6 is 0 Å². The van der Waals surface area contributed by atoms with Crippen molar-refractivity contribution in [2.45, 2.75) is 43.6 Å². The number of amides is 2. The van der Waals surface area contributed by atoms with Crippen LogP contribution in [0.3, 0.4) is 0 Å². The van der Waals surface area contributed by atoms with Crippen molar-refractivity contribution in [3.63, 3.8) is 0 Å². The maximum atomic E-state index is 14.2. The maximum absolute atomic E-state index is 14.2. The topological polar surface area (TPSA) is 106 Å². The summed E-state index contributed by atoms with van der Waals surface area (Å²) in [6, 6.07) is 5.37. The summed E-state index contributed by atoms with van der Waals surface area (Å²) in [5.74, 6) is -2.48. The largest absolute Gasteiger partial charge is 0.497 e. The second kappa shape index (κ2) is 8.49. The summed E-state index contributed by atoms with van der Waals surface area (Å²) in [5.41, 5.74) is -1.87. The van der Waals surface area contributed by atoms with Crippen LogP contribution in [-0.2, 0) is 23.9 Å². The minimum absolute atomic E-state index is 0.218. The summed E-state index contributed by atoms with van der Waals surface area (Å²) >= 11 is 0. The molecule has 4 aliphatic heterocycles. The van der Waals surface area contributed by atoms with Crippen molar-refractivity contribution >= 4 is 23.5 Å². The molecule has 0 radical (unpaired) electrons. The standard InChI is InChI=1S/C26H30N2O7/c1-16(15-29)28-21-23(31)27(17-7-9-18(33-3)10-8-17)13-6-12-26(21)19(22(28)30)20-24(32)34-14-5-4-11-25(20,2)35-26/h4,6-12,16,19-21,29H,5,13-15H2,1-3H3/t16-,19+,20-,21?,25+,26+/m1/s1. The summed E-state index contributed by atoms with van der Waals surface area (Å²) < 4.78 is 17.4. The van der Waals surface area contributed by atoms with Crippen molar-refractivity contribution in [2.24, 2.45) is 11.8 Å². The van der Waals surface area contributed by atoms with Gasteiger partial charge in [0.2, 0.25) is 5.91 Å². The SMILES string of the molecule is COc1ccc(N2CC=C[C@]34O[C@@]5(C)C=CCCOC(=O)[C@H]5[C@H]3C(=O)N([C@H](C)CO)C4C2=O)cc1. The van der Waals surface area contributed by atoms with Gasteiger partial charge in [0.05, 0.1) is 37.9 Å². The number of aliphatic hydroxyl groups excluding tert-OH is 1. The number of anilines is 1. The van der Waals surface area contributed by atoms with E-state index in [2.05, 4.69) is 0 Å². The molecule has 2 amide bonds. The van der Waals surface area contributed by atoms with Gasteiger partial charge in [0.25, 0.3) is 5.91 Å². The molecule has 0 aromatic heterocycles. The van der Waals surface area contributed by atoms with Crippen molar-refractivity contribution < 1.29 is 33.7 Å². The van der Waals surface area contributed by atoms with E-state index < -0.39 is 47.0 Å². The van der Waals surface area contributed by atoms with Crippen molar-refractivity contribution in [2.75, 3.05) is 31.8 Å². The number of hydrogen-bond acceptors (Lipinski definition) is 7. The Balaban J connectivity index is 1.64. The molecule has 9 heteroatoms. The van der Waals surface area contributed by atoms with Gasteiger partial charge in [0, 0.05) is 12.2 Å². The van der Waals surface area contributed by atoms with E-state index >= 15 is 0 Å². The highest BCUT2D eigenvalue weighted by Crippen LogP contribution is 2.57. The van der Waals surface area contributed by atoms with Crippen molar-refractivity contribution in [1.29, 1.82) is 0 Å². The first kappa shape index (κ1) is 23.6. The number of carbonyl (C=O) groups excluding carboxylic acids is 3. The molecular formula is C26H30N2O7. The highest BCUT2D eigenvalue weighted by Gasteiger charge is 2.75. The Morgan fingerprint density at radius 2 is 1.86 bits per heavy atom. The molecule has 35 heavy (non-hydrogen) atoms. The monoisotopic (exact) mass is 482 g/mol. The normalized spacial score (nSPS) is 35.0. The van der Waals surface area contributed by atoms with Crippen molar-refractivity contribution in [3.05, 3.63) is 48.6 Å². The van der Waals surface area contributed by atoms with Crippen LogP contribution in [0.1, 0.15) is 20.3 Å². The van der Waals surface area contributed by atoms with Crippen LogP contribution in [0.15, 0.2) is 48.6 Å². The number of aliphatic hydroxyl groups is 1. The van der Waals surface area contributed by atoms with Gasteiger partial charge in [0.1, 0.15) is 23.3 Å². The fourth-order valence-electron chi connectivity index (χ4n) is 5.98. The minimum Gasteiger partial charge on any atom is -0.497 e. The highest BCUT2D eigenvalue weighted by molar-refractivity contribution is 6.05. The Kier molecular flexibility index (Phi) is 5.72. The molecule has 186 valence electrons. The summed E-state index contributed by atoms with van der Waals surface area (Å²) in [5, 5.41) is 9.98. The van der Waals surface area contributed by atoms with E-state index in [0.717, 1.165) is 0 Å². The average Bonchev–Trinajstić information content (AvgIpc) is 3.17. The third-order valence-electron chi connectivity index (χ3n) is 7.58. The van der Waals surface area contributed by atoms with E-state index in [1.807, 2.05) is 18.2 Å². The predicted octanol–water partition coefficient (Wildman–Crippen LogP) is 1.45. The zero-order chi connectivity index (χ0) is 25.0.